The standard InChI is InChI=1S/C9H10BrN3O3/c1-5(11)9(14)12-8-3-2-6(13(15)16)4-7(8)10/h2-5H,11H2,1H3,(H,12,14)/t5-/m0/s1. The molecule has 1 amide bonds. The van der Waals surface area contributed by atoms with Crippen molar-refractivity contribution in [2.75, 3.05) is 5.32 Å². The molecular formula is C9H10BrN3O3. The van der Waals surface area contributed by atoms with Crippen molar-refractivity contribution in [2.45, 2.75) is 13.0 Å². The monoisotopic (exact) mass is 287 g/mol. The van der Waals surface area contributed by atoms with E-state index in [4.69, 9.17) is 5.73 Å². The Morgan fingerprint density at radius 3 is 2.69 bits per heavy atom. The van der Waals surface area contributed by atoms with E-state index in [-0.39, 0.29) is 11.6 Å². The van der Waals surface area contributed by atoms with Crippen LogP contribution in [0.2, 0.25) is 0 Å². The third-order valence-corrected chi connectivity index (χ3v) is 2.49. The second-order valence-corrected chi connectivity index (χ2v) is 4.05. The van der Waals surface area contributed by atoms with Crippen molar-refractivity contribution in [3.05, 3.63) is 32.8 Å². The second-order valence-electron chi connectivity index (χ2n) is 3.20. The van der Waals surface area contributed by atoms with E-state index < -0.39 is 11.0 Å². The summed E-state index contributed by atoms with van der Waals surface area (Å²) in [5, 5.41) is 13.0. The predicted octanol–water partition coefficient (Wildman–Crippen LogP) is 1.64. The van der Waals surface area contributed by atoms with E-state index in [1.54, 1.807) is 6.92 Å². The Morgan fingerprint density at radius 2 is 2.25 bits per heavy atom. The van der Waals surface area contributed by atoms with Gasteiger partial charge in [-0.15, -0.1) is 0 Å². The SMILES string of the molecule is C[C@H](N)C(=O)Nc1ccc([N+](=O)[O-])cc1Br. The van der Waals surface area contributed by atoms with Gasteiger partial charge in [-0.3, -0.25) is 14.9 Å². The second kappa shape index (κ2) is 5.04. The number of nitro groups is 1. The van der Waals surface area contributed by atoms with Crippen molar-refractivity contribution < 1.29 is 9.72 Å². The maximum Gasteiger partial charge on any atom is 0.270 e. The molecule has 0 aliphatic carbocycles. The molecule has 0 radical (unpaired) electrons. The van der Waals surface area contributed by atoms with Crippen molar-refractivity contribution in [1.29, 1.82) is 0 Å². The number of hydrogen-bond acceptors (Lipinski definition) is 4. The number of benzene rings is 1. The topological polar surface area (TPSA) is 98.3 Å². The van der Waals surface area contributed by atoms with Crippen LogP contribution in [0.15, 0.2) is 22.7 Å². The minimum absolute atomic E-state index is 0.0503. The number of rotatable bonds is 3. The minimum atomic E-state index is -0.637. The highest BCUT2D eigenvalue weighted by Gasteiger charge is 2.12. The molecule has 0 aliphatic heterocycles. The number of nitro benzene ring substituents is 1. The van der Waals surface area contributed by atoms with Crippen molar-refractivity contribution in [3.63, 3.8) is 0 Å². The molecule has 1 rings (SSSR count). The van der Waals surface area contributed by atoms with Gasteiger partial charge in [-0.2, -0.15) is 0 Å². The number of non-ortho nitro benzene ring substituents is 1. The fourth-order valence-electron chi connectivity index (χ4n) is 0.966. The van der Waals surface area contributed by atoms with E-state index in [9.17, 15) is 14.9 Å². The summed E-state index contributed by atoms with van der Waals surface area (Å²) in [6.45, 7) is 1.55. The largest absolute Gasteiger partial charge is 0.324 e. The number of hydrogen-bond donors (Lipinski definition) is 2. The van der Waals surface area contributed by atoms with Crippen LogP contribution in [0.25, 0.3) is 0 Å². The van der Waals surface area contributed by atoms with Crippen LogP contribution < -0.4 is 11.1 Å². The van der Waals surface area contributed by atoms with Crippen LogP contribution in [-0.2, 0) is 4.79 Å². The van der Waals surface area contributed by atoms with Gasteiger partial charge in [0.25, 0.3) is 5.69 Å². The van der Waals surface area contributed by atoms with Crippen LogP contribution in [0, 0.1) is 10.1 Å². The van der Waals surface area contributed by atoms with E-state index in [0.717, 1.165) is 0 Å². The third kappa shape index (κ3) is 3.01. The fraction of sp³-hybridized carbons (Fsp3) is 0.222. The molecule has 7 heteroatoms. The van der Waals surface area contributed by atoms with Crippen LogP contribution in [0.1, 0.15) is 6.92 Å². The average molecular weight is 288 g/mol. The first-order chi connectivity index (χ1) is 7.41. The summed E-state index contributed by atoms with van der Waals surface area (Å²) in [5.74, 6) is -0.352. The van der Waals surface area contributed by atoms with Crippen LogP contribution in [0.3, 0.4) is 0 Å². The van der Waals surface area contributed by atoms with Gasteiger partial charge in [0.15, 0.2) is 0 Å². The number of nitrogens with one attached hydrogen (secondary N) is 1. The molecule has 1 aromatic rings. The molecule has 86 valence electrons. The van der Waals surface area contributed by atoms with Gasteiger partial charge >= 0.3 is 0 Å². The molecule has 3 N–H and O–H groups in total. The lowest BCUT2D eigenvalue weighted by molar-refractivity contribution is -0.384. The Kier molecular flexibility index (Phi) is 3.97. The van der Waals surface area contributed by atoms with Crippen molar-refractivity contribution in [2.24, 2.45) is 5.73 Å². The first-order valence-electron chi connectivity index (χ1n) is 4.42. The number of amides is 1. The molecule has 0 heterocycles. The summed E-state index contributed by atoms with van der Waals surface area (Å²) in [5.41, 5.74) is 5.78. The van der Waals surface area contributed by atoms with Gasteiger partial charge < -0.3 is 11.1 Å². The Bertz CT molecular complexity index is 434. The summed E-state index contributed by atoms with van der Waals surface area (Å²) in [6.07, 6.45) is 0. The molecule has 6 nitrogen and oxygen atoms in total. The number of carbonyl (C=O) groups excluding carboxylic acids is 1. The summed E-state index contributed by atoms with van der Waals surface area (Å²) in [4.78, 5) is 21.3. The molecule has 0 aliphatic rings. The highest BCUT2D eigenvalue weighted by atomic mass is 79.9. The zero-order valence-electron chi connectivity index (χ0n) is 8.44. The lowest BCUT2D eigenvalue weighted by Gasteiger charge is -2.09. The summed E-state index contributed by atoms with van der Waals surface area (Å²) >= 11 is 3.13. The van der Waals surface area contributed by atoms with Gasteiger partial charge in [-0.05, 0) is 28.9 Å². The van der Waals surface area contributed by atoms with Gasteiger partial charge in [-0.25, -0.2) is 0 Å². The smallest absolute Gasteiger partial charge is 0.270 e. The number of anilines is 1. The summed E-state index contributed by atoms with van der Waals surface area (Å²) < 4.78 is 0.440. The Morgan fingerprint density at radius 1 is 1.62 bits per heavy atom. The van der Waals surface area contributed by atoms with Crippen LogP contribution in [0.5, 0.6) is 0 Å². The first-order valence-corrected chi connectivity index (χ1v) is 5.21. The molecule has 0 bridgehead atoms. The summed E-state index contributed by atoms with van der Waals surface area (Å²) in [7, 11) is 0. The van der Waals surface area contributed by atoms with E-state index in [0.29, 0.717) is 10.2 Å². The quantitative estimate of drug-likeness (QED) is 0.652. The van der Waals surface area contributed by atoms with Crippen LogP contribution >= 0.6 is 15.9 Å². The highest BCUT2D eigenvalue weighted by molar-refractivity contribution is 9.10. The van der Waals surface area contributed by atoms with E-state index in [1.165, 1.54) is 18.2 Å². The molecule has 0 saturated carbocycles. The van der Waals surface area contributed by atoms with Crippen LogP contribution in [-0.4, -0.2) is 16.9 Å². The lowest BCUT2D eigenvalue weighted by Crippen LogP contribution is -2.32. The predicted molar refractivity (Wildman–Crippen MR) is 63.1 cm³/mol. The van der Waals surface area contributed by atoms with E-state index >= 15 is 0 Å². The maximum absolute atomic E-state index is 11.3. The number of halogens is 1. The molecule has 1 aromatic carbocycles. The molecule has 16 heavy (non-hydrogen) atoms. The number of carbonyl (C=O) groups is 1. The zero-order chi connectivity index (χ0) is 12.3. The third-order valence-electron chi connectivity index (χ3n) is 1.83. The van der Waals surface area contributed by atoms with Gasteiger partial charge in [-0.1, -0.05) is 0 Å². The molecular weight excluding hydrogens is 278 g/mol. The minimum Gasteiger partial charge on any atom is -0.324 e. The Balaban J connectivity index is 2.91. The first kappa shape index (κ1) is 12.6. The highest BCUT2D eigenvalue weighted by Crippen LogP contribution is 2.27. The zero-order valence-corrected chi connectivity index (χ0v) is 10.0. The van der Waals surface area contributed by atoms with Gasteiger partial charge in [0.2, 0.25) is 5.91 Å². The molecule has 1 atom stereocenters. The van der Waals surface area contributed by atoms with Crippen LogP contribution in [0.4, 0.5) is 11.4 Å². The molecule has 0 fully saturated rings. The fourth-order valence-corrected chi connectivity index (χ4v) is 1.43. The van der Waals surface area contributed by atoms with Gasteiger partial charge in [0.1, 0.15) is 0 Å². The van der Waals surface area contributed by atoms with Crippen molar-refractivity contribution >= 4 is 33.2 Å². The molecule has 0 saturated heterocycles. The molecule has 0 aromatic heterocycles. The molecule has 0 unspecified atom stereocenters. The number of nitrogens with zero attached hydrogens (tertiary/aromatic N) is 1. The van der Waals surface area contributed by atoms with E-state index in [1.807, 2.05) is 0 Å². The average Bonchev–Trinajstić information content (AvgIpc) is 2.20. The lowest BCUT2D eigenvalue weighted by atomic mass is 10.2. The van der Waals surface area contributed by atoms with Crippen molar-refractivity contribution in [1.82, 2.24) is 0 Å². The molecule has 0 spiro atoms. The number of nitrogens with two attached hydrogens (primary N) is 1. The van der Waals surface area contributed by atoms with Gasteiger partial charge in [0, 0.05) is 16.6 Å². The van der Waals surface area contributed by atoms with E-state index in [2.05, 4.69) is 21.2 Å². The Hall–Kier alpha value is -1.47. The summed E-state index contributed by atoms with van der Waals surface area (Å²) in [6, 6.07) is 3.43. The Labute approximate surface area is 100 Å². The van der Waals surface area contributed by atoms with Gasteiger partial charge in [0.05, 0.1) is 16.7 Å². The van der Waals surface area contributed by atoms with Crippen molar-refractivity contribution in [3.8, 4) is 0 Å². The normalized spacial score (nSPS) is 11.9. The maximum atomic E-state index is 11.3.